The van der Waals surface area contributed by atoms with Gasteiger partial charge in [-0.3, -0.25) is 0 Å². The van der Waals surface area contributed by atoms with Crippen LogP contribution in [0.5, 0.6) is 0 Å². The van der Waals surface area contributed by atoms with Crippen LogP contribution in [-0.4, -0.2) is 13.1 Å². The Balaban J connectivity index is 2.11. The third-order valence-electron chi connectivity index (χ3n) is 3.01. The maximum Gasteiger partial charge on any atom is 0.0439 e. The van der Waals surface area contributed by atoms with Crippen LogP contribution in [0.4, 0.5) is 0 Å². The summed E-state index contributed by atoms with van der Waals surface area (Å²) < 4.78 is 0. The Bertz CT molecular complexity index is 347. The van der Waals surface area contributed by atoms with Crippen LogP contribution >= 0.6 is 23.2 Å². The van der Waals surface area contributed by atoms with Gasteiger partial charge in [0.05, 0.1) is 0 Å². The number of halogens is 2. The zero-order chi connectivity index (χ0) is 10.8. The fourth-order valence-corrected chi connectivity index (χ4v) is 2.33. The molecule has 1 aromatic rings. The van der Waals surface area contributed by atoms with Crippen molar-refractivity contribution in [1.82, 2.24) is 5.32 Å². The second-order valence-electron chi connectivity index (χ2n) is 4.17. The lowest BCUT2D eigenvalue weighted by atomic mass is 10.0. The average molecular weight is 244 g/mol. The quantitative estimate of drug-likeness (QED) is 0.854. The van der Waals surface area contributed by atoms with Gasteiger partial charge in [0.2, 0.25) is 0 Å². The maximum absolute atomic E-state index is 6.14. The Kier molecular flexibility index (Phi) is 3.55. The van der Waals surface area contributed by atoms with Gasteiger partial charge in [0.1, 0.15) is 0 Å². The minimum atomic E-state index is 0.543. The minimum absolute atomic E-state index is 0.543. The Labute approximate surface area is 101 Å². The van der Waals surface area contributed by atoms with E-state index < -0.39 is 0 Å². The number of likely N-dealkylation sites (N-methyl/N-ethyl adjacent to an activating group) is 1. The van der Waals surface area contributed by atoms with Crippen molar-refractivity contribution in [2.75, 3.05) is 7.05 Å². The predicted molar refractivity (Wildman–Crippen MR) is 65.7 cm³/mol. The molecule has 0 aliphatic heterocycles. The first-order chi connectivity index (χ1) is 7.20. The second kappa shape index (κ2) is 4.73. The van der Waals surface area contributed by atoms with Gasteiger partial charge in [-0.1, -0.05) is 23.2 Å². The molecule has 1 saturated carbocycles. The Morgan fingerprint density at radius 3 is 2.73 bits per heavy atom. The molecule has 1 unspecified atom stereocenters. The van der Waals surface area contributed by atoms with E-state index in [1.165, 1.54) is 12.8 Å². The molecule has 0 amide bonds. The summed E-state index contributed by atoms with van der Waals surface area (Å²) >= 11 is 12.1. The van der Waals surface area contributed by atoms with Crippen LogP contribution in [0.3, 0.4) is 0 Å². The Morgan fingerprint density at radius 2 is 2.13 bits per heavy atom. The first kappa shape index (κ1) is 11.3. The molecule has 0 spiro atoms. The van der Waals surface area contributed by atoms with Crippen LogP contribution < -0.4 is 5.32 Å². The average Bonchev–Trinajstić information content (AvgIpc) is 3.03. The van der Waals surface area contributed by atoms with E-state index in [9.17, 15) is 0 Å². The van der Waals surface area contributed by atoms with Crippen molar-refractivity contribution in [2.24, 2.45) is 5.92 Å². The van der Waals surface area contributed by atoms with E-state index in [2.05, 4.69) is 5.32 Å². The van der Waals surface area contributed by atoms with Gasteiger partial charge >= 0.3 is 0 Å². The zero-order valence-electron chi connectivity index (χ0n) is 8.76. The smallest absolute Gasteiger partial charge is 0.0439 e. The van der Waals surface area contributed by atoms with Crippen LogP contribution in [0.1, 0.15) is 18.4 Å². The molecule has 0 saturated heterocycles. The van der Waals surface area contributed by atoms with Crippen molar-refractivity contribution in [2.45, 2.75) is 25.3 Å². The normalized spacial score (nSPS) is 17.8. The van der Waals surface area contributed by atoms with E-state index in [1.807, 2.05) is 25.2 Å². The van der Waals surface area contributed by atoms with Crippen molar-refractivity contribution in [3.8, 4) is 0 Å². The van der Waals surface area contributed by atoms with Crippen LogP contribution in [0.15, 0.2) is 18.2 Å². The molecule has 0 bridgehead atoms. The number of hydrogen-bond donors (Lipinski definition) is 1. The molecule has 1 N–H and O–H groups in total. The second-order valence-corrected chi connectivity index (χ2v) is 5.02. The zero-order valence-corrected chi connectivity index (χ0v) is 10.3. The number of hydrogen-bond acceptors (Lipinski definition) is 1. The SMILES string of the molecule is CNC(Cc1cc(Cl)ccc1Cl)C1CC1. The van der Waals surface area contributed by atoms with Crippen molar-refractivity contribution in [3.05, 3.63) is 33.8 Å². The van der Waals surface area contributed by atoms with Gasteiger partial charge in [-0.25, -0.2) is 0 Å². The number of rotatable bonds is 4. The van der Waals surface area contributed by atoms with E-state index in [0.29, 0.717) is 6.04 Å². The molecule has 0 radical (unpaired) electrons. The summed E-state index contributed by atoms with van der Waals surface area (Å²) in [5.74, 6) is 0.824. The number of benzene rings is 1. The van der Waals surface area contributed by atoms with Crippen LogP contribution in [0.2, 0.25) is 10.0 Å². The molecule has 1 nitrogen and oxygen atoms in total. The fraction of sp³-hybridized carbons (Fsp3) is 0.500. The molecule has 0 heterocycles. The minimum Gasteiger partial charge on any atom is -0.316 e. The highest BCUT2D eigenvalue weighted by Gasteiger charge is 2.30. The van der Waals surface area contributed by atoms with Gasteiger partial charge in [-0.15, -0.1) is 0 Å². The summed E-state index contributed by atoms with van der Waals surface area (Å²) in [5.41, 5.74) is 1.15. The van der Waals surface area contributed by atoms with Crippen molar-refractivity contribution < 1.29 is 0 Å². The van der Waals surface area contributed by atoms with E-state index in [-0.39, 0.29) is 0 Å². The molecule has 82 valence electrons. The summed E-state index contributed by atoms with van der Waals surface area (Å²) in [7, 11) is 2.02. The summed E-state index contributed by atoms with van der Waals surface area (Å²) in [6.07, 6.45) is 3.65. The first-order valence-corrected chi connectivity index (χ1v) is 6.07. The van der Waals surface area contributed by atoms with Gasteiger partial charge in [0.25, 0.3) is 0 Å². The standard InChI is InChI=1S/C12H15Cl2N/c1-15-12(8-2-3-8)7-9-6-10(13)4-5-11(9)14/h4-6,8,12,15H,2-3,7H2,1H3. The molecule has 1 atom stereocenters. The molecule has 1 aliphatic rings. The molecule has 0 aromatic heterocycles. The van der Waals surface area contributed by atoms with Crippen LogP contribution in [0, 0.1) is 5.92 Å². The summed E-state index contributed by atoms with van der Waals surface area (Å²) in [6, 6.07) is 6.22. The molecule has 1 aromatic carbocycles. The number of nitrogens with one attached hydrogen (secondary N) is 1. The van der Waals surface area contributed by atoms with Crippen molar-refractivity contribution >= 4 is 23.2 Å². The molecular formula is C12H15Cl2N. The van der Waals surface area contributed by atoms with Crippen molar-refractivity contribution in [3.63, 3.8) is 0 Å². The van der Waals surface area contributed by atoms with Gasteiger partial charge in [0, 0.05) is 16.1 Å². The van der Waals surface area contributed by atoms with Gasteiger partial charge in [-0.05, 0) is 56.0 Å². The third-order valence-corrected chi connectivity index (χ3v) is 3.61. The highest BCUT2D eigenvalue weighted by molar-refractivity contribution is 6.33. The van der Waals surface area contributed by atoms with E-state index in [4.69, 9.17) is 23.2 Å². The third kappa shape index (κ3) is 2.87. The monoisotopic (exact) mass is 243 g/mol. The van der Waals surface area contributed by atoms with Gasteiger partial charge in [0.15, 0.2) is 0 Å². The molecule has 1 fully saturated rings. The molecule has 3 heteroatoms. The summed E-state index contributed by atoms with van der Waals surface area (Å²) in [5, 5.41) is 4.94. The fourth-order valence-electron chi connectivity index (χ4n) is 1.94. The Morgan fingerprint density at radius 1 is 1.40 bits per heavy atom. The Hall–Kier alpha value is -0.240. The van der Waals surface area contributed by atoms with Gasteiger partial charge in [-0.2, -0.15) is 0 Å². The largest absolute Gasteiger partial charge is 0.316 e. The molecule has 1 aliphatic carbocycles. The lowest BCUT2D eigenvalue weighted by molar-refractivity contribution is 0.500. The predicted octanol–water partition coefficient (Wildman–Crippen LogP) is 3.53. The topological polar surface area (TPSA) is 12.0 Å². The highest BCUT2D eigenvalue weighted by Crippen LogP contribution is 2.35. The van der Waals surface area contributed by atoms with E-state index in [0.717, 1.165) is 27.9 Å². The lowest BCUT2D eigenvalue weighted by Crippen LogP contribution is -2.29. The van der Waals surface area contributed by atoms with Crippen LogP contribution in [-0.2, 0) is 6.42 Å². The molecular weight excluding hydrogens is 229 g/mol. The highest BCUT2D eigenvalue weighted by atomic mass is 35.5. The van der Waals surface area contributed by atoms with Gasteiger partial charge < -0.3 is 5.32 Å². The van der Waals surface area contributed by atoms with E-state index >= 15 is 0 Å². The van der Waals surface area contributed by atoms with Crippen molar-refractivity contribution in [1.29, 1.82) is 0 Å². The maximum atomic E-state index is 6.14. The lowest BCUT2D eigenvalue weighted by Gasteiger charge is -2.16. The van der Waals surface area contributed by atoms with Crippen LogP contribution in [0.25, 0.3) is 0 Å². The summed E-state index contributed by atoms with van der Waals surface area (Å²) in [4.78, 5) is 0. The molecule has 15 heavy (non-hydrogen) atoms. The summed E-state index contributed by atoms with van der Waals surface area (Å²) in [6.45, 7) is 0. The molecule has 2 rings (SSSR count). The first-order valence-electron chi connectivity index (χ1n) is 5.32. The van der Waals surface area contributed by atoms with E-state index in [1.54, 1.807) is 0 Å².